The Hall–Kier alpha value is -2.47. The average Bonchev–Trinajstić information content (AvgIpc) is 3.23. The van der Waals surface area contributed by atoms with Gasteiger partial charge in [0.05, 0.1) is 29.5 Å². The molecule has 6 heteroatoms. The molecule has 1 atom stereocenters. The van der Waals surface area contributed by atoms with Crippen LogP contribution in [0.25, 0.3) is 17.0 Å². The summed E-state index contributed by atoms with van der Waals surface area (Å²) in [6.07, 6.45) is 6.89. The number of pyridine rings is 1. The summed E-state index contributed by atoms with van der Waals surface area (Å²) in [5.41, 5.74) is 3.75. The maximum atomic E-state index is 4.80. The van der Waals surface area contributed by atoms with Crippen LogP contribution in [-0.2, 0) is 5.41 Å². The summed E-state index contributed by atoms with van der Waals surface area (Å²) in [6.45, 7) is 8.54. The summed E-state index contributed by atoms with van der Waals surface area (Å²) in [4.78, 5) is 13.8. The number of anilines is 1. The Morgan fingerprint density at radius 3 is 2.84 bits per heavy atom. The molecule has 0 bridgehead atoms. The topological polar surface area (TPSA) is 67.1 Å². The van der Waals surface area contributed by atoms with E-state index in [9.17, 15) is 0 Å². The first kappa shape index (κ1) is 16.0. The van der Waals surface area contributed by atoms with Crippen LogP contribution < -0.4 is 10.6 Å². The minimum absolute atomic E-state index is 0.0119. The minimum Gasteiger partial charge on any atom is -0.366 e. The van der Waals surface area contributed by atoms with Gasteiger partial charge in [-0.3, -0.25) is 9.38 Å². The lowest BCUT2D eigenvalue weighted by atomic mass is 9.93. The molecule has 1 fully saturated rings. The molecule has 2 N–H and O–H groups in total. The average molecular weight is 336 g/mol. The van der Waals surface area contributed by atoms with E-state index in [2.05, 4.69) is 52.0 Å². The highest BCUT2D eigenvalue weighted by Gasteiger charge is 2.18. The second-order valence-corrected chi connectivity index (χ2v) is 7.64. The fraction of sp³-hybridized carbons (Fsp3) is 0.421. The van der Waals surface area contributed by atoms with E-state index in [4.69, 9.17) is 4.98 Å². The monoisotopic (exact) mass is 336 g/mol. The first-order valence-corrected chi connectivity index (χ1v) is 8.79. The number of nitrogens with zero attached hydrogens (tertiary/aromatic N) is 4. The number of nitrogens with one attached hydrogen (secondary N) is 2. The lowest BCUT2D eigenvalue weighted by Gasteiger charge is -2.17. The maximum absolute atomic E-state index is 4.80. The highest BCUT2D eigenvalue weighted by Crippen LogP contribution is 2.24. The highest BCUT2D eigenvalue weighted by molar-refractivity contribution is 5.61. The standard InChI is InChI=1S/C19H24N6/c1-19(2,3)16-12-25-15(10-22-18(25)11-21-16)14-5-4-6-17(24-14)23-13-7-8-20-9-13/h4-6,10-13,20H,7-9H2,1-3H3,(H,23,24). The first-order chi connectivity index (χ1) is 12.0. The molecule has 3 aromatic heterocycles. The predicted octanol–water partition coefficient (Wildman–Crippen LogP) is 2.86. The fourth-order valence-corrected chi connectivity index (χ4v) is 3.11. The molecule has 1 saturated heterocycles. The highest BCUT2D eigenvalue weighted by atomic mass is 15.1. The third kappa shape index (κ3) is 3.22. The molecule has 0 amide bonds. The molecule has 6 nitrogen and oxygen atoms in total. The molecule has 4 rings (SSSR count). The van der Waals surface area contributed by atoms with Crippen LogP contribution in [0.3, 0.4) is 0 Å². The van der Waals surface area contributed by atoms with E-state index in [0.717, 1.165) is 48.1 Å². The van der Waals surface area contributed by atoms with Crippen LogP contribution in [0, 0.1) is 0 Å². The summed E-state index contributed by atoms with van der Waals surface area (Å²) < 4.78 is 2.08. The number of rotatable bonds is 3. The Labute approximate surface area is 147 Å². The van der Waals surface area contributed by atoms with Crippen LogP contribution >= 0.6 is 0 Å². The van der Waals surface area contributed by atoms with E-state index in [1.807, 2.05) is 30.6 Å². The number of fused-ring (bicyclic) bond motifs is 1. The number of aromatic nitrogens is 4. The molecular formula is C19H24N6. The van der Waals surface area contributed by atoms with Gasteiger partial charge in [0.2, 0.25) is 0 Å². The van der Waals surface area contributed by atoms with E-state index >= 15 is 0 Å². The van der Waals surface area contributed by atoms with Crippen LogP contribution in [0.4, 0.5) is 5.82 Å². The van der Waals surface area contributed by atoms with Crippen LogP contribution in [0.2, 0.25) is 0 Å². The first-order valence-electron chi connectivity index (χ1n) is 8.79. The van der Waals surface area contributed by atoms with Crippen LogP contribution in [0.5, 0.6) is 0 Å². The zero-order valence-corrected chi connectivity index (χ0v) is 15.0. The van der Waals surface area contributed by atoms with Crippen molar-refractivity contribution in [1.29, 1.82) is 0 Å². The van der Waals surface area contributed by atoms with Gasteiger partial charge in [0.15, 0.2) is 5.65 Å². The fourth-order valence-electron chi connectivity index (χ4n) is 3.11. The SMILES string of the molecule is CC(C)(C)c1cn2c(-c3cccc(NC4CCNC4)n3)cnc2cn1. The van der Waals surface area contributed by atoms with Crippen molar-refractivity contribution in [2.45, 2.75) is 38.6 Å². The van der Waals surface area contributed by atoms with Crippen molar-refractivity contribution < 1.29 is 0 Å². The van der Waals surface area contributed by atoms with Gasteiger partial charge in [0.1, 0.15) is 5.82 Å². The molecular weight excluding hydrogens is 312 g/mol. The Kier molecular flexibility index (Phi) is 3.92. The lowest BCUT2D eigenvalue weighted by molar-refractivity contribution is 0.565. The molecule has 1 unspecified atom stereocenters. The van der Waals surface area contributed by atoms with Crippen LogP contribution in [-0.4, -0.2) is 38.5 Å². The second kappa shape index (κ2) is 6.11. The van der Waals surface area contributed by atoms with Crippen LogP contribution in [0.1, 0.15) is 32.9 Å². The Balaban J connectivity index is 1.71. The molecule has 0 radical (unpaired) electrons. The normalized spacial score (nSPS) is 18.0. The van der Waals surface area contributed by atoms with E-state index in [1.165, 1.54) is 0 Å². The number of imidazole rings is 1. The molecule has 0 aliphatic carbocycles. The summed E-state index contributed by atoms with van der Waals surface area (Å²) >= 11 is 0. The van der Waals surface area contributed by atoms with Gasteiger partial charge in [0.25, 0.3) is 0 Å². The third-order valence-corrected chi connectivity index (χ3v) is 4.59. The maximum Gasteiger partial charge on any atom is 0.155 e. The zero-order valence-electron chi connectivity index (χ0n) is 15.0. The van der Waals surface area contributed by atoms with Crippen molar-refractivity contribution >= 4 is 11.5 Å². The summed E-state index contributed by atoms with van der Waals surface area (Å²) in [6, 6.07) is 6.53. The molecule has 0 spiro atoms. The Morgan fingerprint density at radius 1 is 1.20 bits per heavy atom. The number of hydrogen-bond donors (Lipinski definition) is 2. The van der Waals surface area contributed by atoms with Gasteiger partial charge in [-0.25, -0.2) is 9.97 Å². The zero-order chi connectivity index (χ0) is 17.4. The Morgan fingerprint density at radius 2 is 2.08 bits per heavy atom. The van der Waals surface area contributed by atoms with Crippen molar-refractivity contribution in [3.05, 3.63) is 42.5 Å². The van der Waals surface area contributed by atoms with Gasteiger partial charge < -0.3 is 10.6 Å². The van der Waals surface area contributed by atoms with Crippen molar-refractivity contribution in [3.63, 3.8) is 0 Å². The molecule has 130 valence electrons. The van der Waals surface area contributed by atoms with E-state index in [-0.39, 0.29) is 5.41 Å². The minimum atomic E-state index is -0.0119. The van der Waals surface area contributed by atoms with E-state index in [1.54, 1.807) is 0 Å². The van der Waals surface area contributed by atoms with Gasteiger partial charge in [-0.2, -0.15) is 0 Å². The molecule has 25 heavy (non-hydrogen) atoms. The molecule has 1 aliphatic rings. The molecule has 1 aliphatic heterocycles. The Bertz CT molecular complexity index is 886. The second-order valence-electron chi connectivity index (χ2n) is 7.64. The smallest absolute Gasteiger partial charge is 0.155 e. The van der Waals surface area contributed by atoms with Gasteiger partial charge in [0, 0.05) is 24.2 Å². The quantitative estimate of drug-likeness (QED) is 0.770. The largest absolute Gasteiger partial charge is 0.366 e. The van der Waals surface area contributed by atoms with Crippen molar-refractivity contribution in [3.8, 4) is 11.4 Å². The molecule has 4 heterocycles. The predicted molar refractivity (Wildman–Crippen MR) is 99.8 cm³/mol. The molecule has 3 aromatic rings. The van der Waals surface area contributed by atoms with E-state index < -0.39 is 0 Å². The van der Waals surface area contributed by atoms with Gasteiger partial charge in [-0.15, -0.1) is 0 Å². The van der Waals surface area contributed by atoms with E-state index in [0.29, 0.717) is 6.04 Å². The summed E-state index contributed by atoms with van der Waals surface area (Å²) in [5.74, 6) is 0.909. The van der Waals surface area contributed by atoms with Crippen molar-refractivity contribution in [2.24, 2.45) is 0 Å². The lowest BCUT2D eigenvalue weighted by Crippen LogP contribution is -2.22. The van der Waals surface area contributed by atoms with Crippen LogP contribution in [0.15, 0.2) is 36.8 Å². The van der Waals surface area contributed by atoms with Crippen molar-refractivity contribution in [2.75, 3.05) is 18.4 Å². The van der Waals surface area contributed by atoms with Gasteiger partial charge in [-0.05, 0) is 25.1 Å². The third-order valence-electron chi connectivity index (χ3n) is 4.59. The summed E-state index contributed by atoms with van der Waals surface area (Å²) in [5, 5.41) is 6.88. The van der Waals surface area contributed by atoms with Crippen molar-refractivity contribution in [1.82, 2.24) is 24.7 Å². The molecule has 0 saturated carbocycles. The molecule has 0 aromatic carbocycles. The van der Waals surface area contributed by atoms with Gasteiger partial charge >= 0.3 is 0 Å². The summed E-state index contributed by atoms with van der Waals surface area (Å²) in [7, 11) is 0. The van der Waals surface area contributed by atoms with Gasteiger partial charge in [-0.1, -0.05) is 26.8 Å². The number of hydrogen-bond acceptors (Lipinski definition) is 5.